The van der Waals surface area contributed by atoms with Crippen LogP contribution in [0.5, 0.6) is 0 Å². The molecule has 0 bridgehead atoms. The van der Waals surface area contributed by atoms with Gasteiger partial charge in [-0.25, -0.2) is 12.7 Å². The van der Waals surface area contributed by atoms with Crippen molar-refractivity contribution in [3.8, 4) is 0 Å². The number of nitrogens with two attached hydrogens (primary N) is 1. The highest BCUT2D eigenvalue weighted by atomic mass is 32.2. The first-order valence-corrected chi connectivity index (χ1v) is 6.13. The van der Waals surface area contributed by atoms with Crippen molar-refractivity contribution in [2.45, 2.75) is 5.25 Å². The average molecular weight is 242 g/mol. The van der Waals surface area contributed by atoms with Gasteiger partial charge in [-0.1, -0.05) is 30.3 Å². The van der Waals surface area contributed by atoms with E-state index in [-0.39, 0.29) is 0 Å². The summed E-state index contributed by atoms with van der Waals surface area (Å²) in [6.45, 7) is 0. The van der Waals surface area contributed by atoms with Gasteiger partial charge in [-0.05, 0) is 5.56 Å². The molecule has 0 aliphatic carbocycles. The van der Waals surface area contributed by atoms with Crippen molar-refractivity contribution in [1.29, 1.82) is 0 Å². The summed E-state index contributed by atoms with van der Waals surface area (Å²) in [5.41, 5.74) is 5.53. The van der Waals surface area contributed by atoms with Crippen LogP contribution in [0.4, 0.5) is 0 Å². The highest BCUT2D eigenvalue weighted by molar-refractivity contribution is 7.90. The fourth-order valence-corrected chi connectivity index (χ4v) is 2.54. The van der Waals surface area contributed by atoms with E-state index in [1.54, 1.807) is 30.3 Å². The molecule has 0 aliphatic heterocycles. The molecule has 16 heavy (non-hydrogen) atoms. The molecular formula is C10H14N2O3S. The van der Waals surface area contributed by atoms with Gasteiger partial charge in [-0.15, -0.1) is 0 Å². The molecule has 0 radical (unpaired) electrons. The van der Waals surface area contributed by atoms with Crippen LogP contribution in [0.25, 0.3) is 0 Å². The summed E-state index contributed by atoms with van der Waals surface area (Å²) in [7, 11) is -0.994. The Morgan fingerprint density at radius 3 is 2.12 bits per heavy atom. The summed E-state index contributed by atoms with van der Waals surface area (Å²) in [6, 6.07) is 8.20. The normalized spacial score (nSPS) is 13.7. The number of amides is 1. The van der Waals surface area contributed by atoms with Gasteiger partial charge in [0.05, 0.1) is 0 Å². The maximum Gasteiger partial charge on any atom is 0.241 e. The van der Waals surface area contributed by atoms with Gasteiger partial charge in [0, 0.05) is 14.1 Å². The van der Waals surface area contributed by atoms with E-state index in [4.69, 9.17) is 5.73 Å². The topological polar surface area (TPSA) is 80.5 Å². The summed E-state index contributed by atoms with van der Waals surface area (Å²) < 4.78 is 24.8. The zero-order valence-corrected chi connectivity index (χ0v) is 9.94. The van der Waals surface area contributed by atoms with Crippen LogP contribution >= 0.6 is 0 Å². The molecule has 88 valence electrons. The Morgan fingerprint density at radius 1 is 1.25 bits per heavy atom. The molecule has 1 rings (SSSR count). The zero-order valence-electron chi connectivity index (χ0n) is 9.12. The molecule has 1 aromatic carbocycles. The Bertz CT molecular complexity index is 468. The number of rotatable bonds is 4. The predicted octanol–water partition coefficient (Wildman–Crippen LogP) is 0.104. The molecule has 6 heteroatoms. The molecule has 0 unspecified atom stereocenters. The monoisotopic (exact) mass is 242 g/mol. The quantitative estimate of drug-likeness (QED) is 0.813. The lowest BCUT2D eigenvalue weighted by Crippen LogP contribution is -2.36. The van der Waals surface area contributed by atoms with Crippen molar-refractivity contribution in [3.05, 3.63) is 35.9 Å². The molecule has 0 fully saturated rings. The fraction of sp³-hybridized carbons (Fsp3) is 0.300. The summed E-state index contributed by atoms with van der Waals surface area (Å²) in [4.78, 5) is 11.3. The number of carbonyl (C=O) groups is 1. The Balaban J connectivity index is 3.28. The first-order valence-electron chi connectivity index (χ1n) is 4.63. The molecular weight excluding hydrogens is 228 g/mol. The van der Waals surface area contributed by atoms with Gasteiger partial charge in [0.15, 0.2) is 5.25 Å². The van der Waals surface area contributed by atoms with E-state index in [0.29, 0.717) is 5.56 Å². The summed E-state index contributed by atoms with van der Waals surface area (Å²) in [5, 5.41) is -1.33. The first-order chi connectivity index (χ1) is 7.37. The van der Waals surface area contributed by atoms with Crippen molar-refractivity contribution in [1.82, 2.24) is 4.31 Å². The third-order valence-electron chi connectivity index (χ3n) is 2.17. The lowest BCUT2D eigenvalue weighted by molar-refractivity contribution is -0.117. The lowest BCUT2D eigenvalue weighted by atomic mass is 10.1. The smallest absolute Gasteiger partial charge is 0.241 e. The highest BCUT2D eigenvalue weighted by Crippen LogP contribution is 2.23. The predicted molar refractivity (Wildman–Crippen MR) is 61.0 cm³/mol. The van der Waals surface area contributed by atoms with Crippen molar-refractivity contribution >= 4 is 15.9 Å². The Kier molecular flexibility index (Phi) is 3.66. The highest BCUT2D eigenvalue weighted by Gasteiger charge is 2.34. The van der Waals surface area contributed by atoms with Gasteiger partial charge < -0.3 is 5.73 Å². The van der Waals surface area contributed by atoms with Crippen molar-refractivity contribution in [3.63, 3.8) is 0 Å². The van der Waals surface area contributed by atoms with Gasteiger partial charge in [0.1, 0.15) is 0 Å². The van der Waals surface area contributed by atoms with E-state index >= 15 is 0 Å². The van der Waals surface area contributed by atoms with Crippen LogP contribution in [0.3, 0.4) is 0 Å². The van der Waals surface area contributed by atoms with Crippen LogP contribution in [-0.2, 0) is 14.8 Å². The van der Waals surface area contributed by atoms with E-state index in [9.17, 15) is 13.2 Å². The van der Waals surface area contributed by atoms with Crippen molar-refractivity contribution in [2.24, 2.45) is 5.73 Å². The summed E-state index contributed by atoms with van der Waals surface area (Å²) >= 11 is 0. The van der Waals surface area contributed by atoms with Crippen molar-refractivity contribution in [2.75, 3.05) is 14.1 Å². The fourth-order valence-electron chi connectivity index (χ4n) is 1.32. The van der Waals surface area contributed by atoms with Crippen LogP contribution in [0.2, 0.25) is 0 Å². The van der Waals surface area contributed by atoms with Gasteiger partial charge >= 0.3 is 0 Å². The van der Waals surface area contributed by atoms with Gasteiger partial charge in [-0.3, -0.25) is 4.79 Å². The summed E-state index contributed by atoms with van der Waals surface area (Å²) in [5.74, 6) is -0.875. The number of sulfonamides is 1. The second kappa shape index (κ2) is 4.63. The van der Waals surface area contributed by atoms with Crippen LogP contribution in [0, 0.1) is 0 Å². The van der Waals surface area contributed by atoms with E-state index in [0.717, 1.165) is 4.31 Å². The van der Waals surface area contributed by atoms with E-state index in [2.05, 4.69) is 0 Å². The lowest BCUT2D eigenvalue weighted by Gasteiger charge is -2.19. The van der Waals surface area contributed by atoms with E-state index < -0.39 is 21.2 Å². The van der Waals surface area contributed by atoms with E-state index in [1.165, 1.54) is 14.1 Å². The van der Waals surface area contributed by atoms with Crippen molar-refractivity contribution < 1.29 is 13.2 Å². The van der Waals surface area contributed by atoms with Crippen LogP contribution < -0.4 is 5.73 Å². The molecule has 1 amide bonds. The molecule has 0 saturated carbocycles. The molecule has 0 aliphatic rings. The molecule has 1 atom stereocenters. The van der Waals surface area contributed by atoms with Gasteiger partial charge in [0.25, 0.3) is 0 Å². The Hall–Kier alpha value is -1.40. The maximum absolute atomic E-state index is 11.9. The standard InChI is InChI=1S/C10H14N2O3S/c1-12(2)16(14,15)9(10(11)13)8-6-4-3-5-7-8/h3-7,9H,1-2H3,(H2,11,13)/t9-/m1/s1. The minimum Gasteiger partial charge on any atom is -0.368 e. The third kappa shape index (κ3) is 2.40. The number of primary amides is 1. The molecule has 5 nitrogen and oxygen atoms in total. The summed E-state index contributed by atoms with van der Waals surface area (Å²) in [6.07, 6.45) is 0. The molecule has 0 saturated heterocycles. The minimum atomic E-state index is -3.73. The largest absolute Gasteiger partial charge is 0.368 e. The van der Waals surface area contributed by atoms with E-state index in [1.807, 2.05) is 0 Å². The second-order valence-electron chi connectivity index (χ2n) is 3.52. The first kappa shape index (κ1) is 12.7. The zero-order chi connectivity index (χ0) is 12.3. The molecule has 1 aromatic rings. The number of hydrogen-bond acceptors (Lipinski definition) is 3. The van der Waals surface area contributed by atoms with Crippen LogP contribution in [0.1, 0.15) is 10.8 Å². The SMILES string of the molecule is CN(C)S(=O)(=O)[C@@H](C(N)=O)c1ccccc1. The minimum absolute atomic E-state index is 0.378. The maximum atomic E-state index is 11.9. The number of benzene rings is 1. The second-order valence-corrected chi connectivity index (χ2v) is 5.75. The third-order valence-corrected chi connectivity index (χ3v) is 4.29. The van der Waals surface area contributed by atoms with Gasteiger partial charge in [0.2, 0.25) is 15.9 Å². The Labute approximate surface area is 94.9 Å². The Morgan fingerprint density at radius 2 is 1.75 bits per heavy atom. The number of nitrogens with zero attached hydrogens (tertiary/aromatic N) is 1. The van der Waals surface area contributed by atoms with Gasteiger partial charge in [-0.2, -0.15) is 0 Å². The average Bonchev–Trinajstić information content (AvgIpc) is 2.18. The molecule has 2 N–H and O–H groups in total. The molecule has 0 heterocycles. The number of carbonyl (C=O) groups excluding carboxylic acids is 1. The van der Waals surface area contributed by atoms with Crippen LogP contribution in [0.15, 0.2) is 30.3 Å². The molecule has 0 spiro atoms. The number of hydrogen-bond donors (Lipinski definition) is 1. The molecule has 0 aromatic heterocycles. The van der Waals surface area contributed by atoms with Crippen LogP contribution in [-0.4, -0.2) is 32.7 Å².